The molecule has 0 bridgehead atoms. The summed E-state index contributed by atoms with van der Waals surface area (Å²) in [5.41, 5.74) is 6.12. The molecule has 2 atom stereocenters. The van der Waals surface area contributed by atoms with Gasteiger partial charge in [0.1, 0.15) is 17.2 Å². The fourth-order valence-electron chi connectivity index (χ4n) is 4.08. The van der Waals surface area contributed by atoms with Crippen LogP contribution in [0.15, 0.2) is 59.2 Å². The molecule has 5 nitrogen and oxygen atoms in total. The number of ketones is 1. The SMILES string of the molecule is CC(C)=CCc1cc([C@H]2Oc3c(ccc(O)c3CC=C(C)C)C(=O)[C@@H]2O)cc(CC=C(C)C)c1O. The molecular formula is C30H36O5. The van der Waals surface area contributed by atoms with Gasteiger partial charge >= 0.3 is 0 Å². The maximum absolute atomic E-state index is 13.2. The number of carbonyl (C=O) groups is 1. The lowest BCUT2D eigenvalue weighted by atomic mass is 9.88. The molecule has 2 aromatic carbocycles. The molecule has 1 aliphatic heterocycles. The van der Waals surface area contributed by atoms with E-state index in [1.54, 1.807) is 12.1 Å². The van der Waals surface area contributed by atoms with Gasteiger partial charge in [-0.05, 0) is 102 Å². The summed E-state index contributed by atoms with van der Waals surface area (Å²) in [6, 6.07) is 6.56. The highest BCUT2D eigenvalue weighted by Gasteiger charge is 2.39. The number of aromatic hydroxyl groups is 2. The number of hydrogen-bond donors (Lipinski definition) is 3. The number of carbonyl (C=O) groups excluding carboxylic acids is 1. The second-order valence-electron chi connectivity index (χ2n) is 9.93. The molecule has 0 saturated heterocycles. The van der Waals surface area contributed by atoms with Crippen LogP contribution >= 0.6 is 0 Å². The van der Waals surface area contributed by atoms with Crippen LogP contribution in [0, 0.1) is 0 Å². The summed E-state index contributed by atoms with van der Waals surface area (Å²) in [4.78, 5) is 13.2. The number of phenolic OH excluding ortho intramolecular Hbond substituents is 2. The lowest BCUT2D eigenvalue weighted by Crippen LogP contribution is -2.36. The molecule has 0 spiro atoms. The van der Waals surface area contributed by atoms with Gasteiger partial charge in [0.15, 0.2) is 18.0 Å². The zero-order chi connectivity index (χ0) is 25.9. The first-order valence-corrected chi connectivity index (χ1v) is 12.0. The minimum Gasteiger partial charge on any atom is -0.508 e. The van der Waals surface area contributed by atoms with Crippen LogP contribution in [0.5, 0.6) is 17.2 Å². The normalized spacial score (nSPS) is 16.7. The Bertz CT molecular complexity index is 1160. The van der Waals surface area contributed by atoms with Gasteiger partial charge < -0.3 is 20.1 Å². The molecule has 0 aromatic heterocycles. The second-order valence-corrected chi connectivity index (χ2v) is 9.93. The third-order valence-corrected chi connectivity index (χ3v) is 6.09. The van der Waals surface area contributed by atoms with Crippen LogP contribution in [0.25, 0.3) is 0 Å². The van der Waals surface area contributed by atoms with Crippen molar-refractivity contribution in [2.45, 2.75) is 73.0 Å². The van der Waals surface area contributed by atoms with Gasteiger partial charge in [0.2, 0.25) is 0 Å². The molecule has 3 rings (SSSR count). The van der Waals surface area contributed by atoms with E-state index in [1.165, 1.54) is 12.1 Å². The van der Waals surface area contributed by atoms with Crippen LogP contribution in [0.2, 0.25) is 0 Å². The van der Waals surface area contributed by atoms with Gasteiger partial charge in [-0.15, -0.1) is 0 Å². The number of Topliss-reactive ketones (excluding diaryl/α,β-unsaturated/α-hetero) is 1. The highest BCUT2D eigenvalue weighted by molar-refractivity contribution is 6.03. The van der Waals surface area contributed by atoms with Crippen LogP contribution in [0.4, 0.5) is 0 Å². The van der Waals surface area contributed by atoms with Gasteiger partial charge in [0, 0.05) is 5.56 Å². The number of hydrogen-bond acceptors (Lipinski definition) is 5. The number of benzene rings is 2. The van der Waals surface area contributed by atoms with Crippen molar-refractivity contribution < 1.29 is 24.9 Å². The molecule has 1 aliphatic rings. The van der Waals surface area contributed by atoms with Crippen LogP contribution < -0.4 is 4.74 Å². The van der Waals surface area contributed by atoms with Crippen molar-refractivity contribution in [3.8, 4) is 17.2 Å². The van der Waals surface area contributed by atoms with Gasteiger partial charge in [-0.25, -0.2) is 0 Å². The molecule has 0 radical (unpaired) electrons. The topological polar surface area (TPSA) is 87.0 Å². The highest BCUT2D eigenvalue weighted by atomic mass is 16.5. The van der Waals surface area contributed by atoms with Crippen molar-refractivity contribution in [1.29, 1.82) is 0 Å². The average molecular weight is 477 g/mol. The zero-order valence-corrected chi connectivity index (χ0v) is 21.5. The average Bonchev–Trinajstić information content (AvgIpc) is 2.78. The Labute approximate surface area is 208 Å². The molecule has 0 saturated carbocycles. The maximum Gasteiger partial charge on any atom is 0.199 e. The van der Waals surface area contributed by atoms with E-state index in [-0.39, 0.29) is 17.1 Å². The minimum atomic E-state index is -1.40. The summed E-state index contributed by atoms with van der Waals surface area (Å²) in [6.07, 6.45) is 5.09. The van der Waals surface area contributed by atoms with E-state index in [0.29, 0.717) is 47.3 Å². The van der Waals surface area contributed by atoms with Crippen molar-refractivity contribution in [3.05, 3.63) is 87.0 Å². The first-order valence-electron chi connectivity index (χ1n) is 12.0. The van der Waals surface area contributed by atoms with E-state index in [9.17, 15) is 20.1 Å². The molecule has 3 N–H and O–H groups in total. The number of aliphatic hydroxyl groups is 1. The predicted molar refractivity (Wildman–Crippen MR) is 139 cm³/mol. The highest BCUT2D eigenvalue weighted by Crippen LogP contribution is 2.42. The Hall–Kier alpha value is -3.31. The number of phenols is 2. The maximum atomic E-state index is 13.2. The molecular weight excluding hydrogens is 440 g/mol. The monoisotopic (exact) mass is 476 g/mol. The summed E-state index contributed by atoms with van der Waals surface area (Å²) in [5.74, 6) is 0.109. The Balaban J connectivity index is 2.13. The summed E-state index contributed by atoms with van der Waals surface area (Å²) in [6.45, 7) is 11.9. The van der Waals surface area contributed by atoms with E-state index < -0.39 is 18.0 Å². The van der Waals surface area contributed by atoms with Crippen molar-refractivity contribution in [1.82, 2.24) is 0 Å². The molecule has 0 fully saturated rings. The smallest absolute Gasteiger partial charge is 0.199 e. The Morgan fingerprint density at radius 1 is 0.857 bits per heavy atom. The van der Waals surface area contributed by atoms with Crippen LogP contribution in [-0.2, 0) is 19.3 Å². The first kappa shape index (κ1) is 26.3. The fourth-order valence-corrected chi connectivity index (χ4v) is 4.08. The van der Waals surface area contributed by atoms with Crippen molar-refractivity contribution in [2.75, 3.05) is 0 Å². The molecule has 0 unspecified atom stereocenters. The Morgan fingerprint density at radius 2 is 1.37 bits per heavy atom. The summed E-state index contributed by atoms with van der Waals surface area (Å²) >= 11 is 0. The first-order chi connectivity index (χ1) is 16.5. The van der Waals surface area contributed by atoms with E-state index in [4.69, 9.17) is 4.74 Å². The van der Waals surface area contributed by atoms with Crippen LogP contribution in [0.3, 0.4) is 0 Å². The zero-order valence-electron chi connectivity index (χ0n) is 21.5. The van der Waals surface area contributed by atoms with E-state index in [2.05, 4.69) is 0 Å². The number of allylic oxidation sites excluding steroid dienone is 6. The van der Waals surface area contributed by atoms with Crippen LogP contribution in [0.1, 0.15) is 80.3 Å². The summed E-state index contributed by atoms with van der Waals surface area (Å²) in [5, 5.41) is 32.4. The standard InChI is InChI=1S/C30H36O5/c1-17(2)7-10-20-15-22(16-21(26(20)32)11-8-18(3)4)29-28(34)27(33)24-13-14-25(31)23(30(24)35-29)12-9-19(5)6/h7-9,13-16,28-29,31-32,34H,10-12H2,1-6H3/t28-,29+/m0/s1. The van der Waals surface area contributed by atoms with Crippen molar-refractivity contribution >= 4 is 5.78 Å². The van der Waals surface area contributed by atoms with Gasteiger partial charge in [0.05, 0.1) is 5.56 Å². The molecule has 1 heterocycles. The molecule has 5 heteroatoms. The molecule has 35 heavy (non-hydrogen) atoms. The summed E-state index contributed by atoms with van der Waals surface area (Å²) < 4.78 is 6.27. The van der Waals surface area contributed by atoms with Crippen molar-refractivity contribution in [2.24, 2.45) is 0 Å². The molecule has 0 aliphatic carbocycles. The largest absolute Gasteiger partial charge is 0.508 e. The minimum absolute atomic E-state index is 0.0448. The number of ether oxygens (including phenoxy) is 1. The Morgan fingerprint density at radius 3 is 1.89 bits per heavy atom. The summed E-state index contributed by atoms with van der Waals surface area (Å²) in [7, 11) is 0. The van der Waals surface area contributed by atoms with E-state index in [1.807, 2.05) is 59.8 Å². The number of fused-ring (bicyclic) bond motifs is 1. The van der Waals surface area contributed by atoms with Crippen molar-refractivity contribution in [3.63, 3.8) is 0 Å². The molecule has 2 aromatic rings. The quantitative estimate of drug-likeness (QED) is 0.408. The van der Waals surface area contributed by atoms with Gasteiger partial charge in [-0.1, -0.05) is 34.9 Å². The molecule has 0 amide bonds. The third kappa shape index (κ3) is 6.04. The Kier molecular flexibility index (Phi) is 8.23. The van der Waals surface area contributed by atoms with Gasteiger partial charge in [-0.2, -0.15) is 0 Å². The lowest BCUT2D eigenvalue weighted by Gasteiger charge is -2.32. The fraction of sp³-hybridized carbons (Fsp3) is 0.367. The number of rotatable bonds is 7. The van der Waals surface area contributed by atoms with E-state index in [0.717, 1.165) is 16.7 Å². The second kappa shape index (κ2) is 11.0. The van der Waals surface area contributed by atoms with Crippen LogP contribution in [-0.4, -0.2) is 27.2 Å². The van der Waals surface area contributed by atoms with Gasteiger partial charge in [0.25, 0.3) is 0 Å². The van der Waals surface area contributed by atoms with E-state index >= 15 is 0 Å². The lowest BCUT2D eigenvalue weighted by molar-refractivity contribution is 0.0211. The molecule has 186 valence electrons. The number of aliphatic hydroxyl groups excluding tert-OH is 1. The third-order valence-electron chi connectivity index (χ3n) is 6.09. The van der Waals surface area contributed by atoms with Gasteiger partial charge in [-0.3, -0.25) is 4.79 Å². The predicted octanol–water partition coefficient (Wildman–Crippen LogP) is 6.30.